The molecular weight excluding hydrogens is 376 g/mol. The van der Waals surface area contributed by atoms with E-state index in [1.165, 1.54) is 56.5 Å². The number of hydrogen-bond acceptors (Lipinski definition) is 5. The summed E-state index contributed by atoms with van der Waals surface area (Å²) in [5.74, 6) is 0.707. The second-order valence-corrected chi connectivity index (χ2v) is 8.44. The lowest BCUT2D eigenvalue weighted by Gasteiger charge is -2.39. The van der Waals surface area contributed by atoms with Crippen molar-refractivity contribution in [3.05, 3.63) is 53.6 Å². The zero-order chi connectivity index (χ0) is 19.8. The highest BCUT2D eigenvalue weighted by Gasteiger charge is 2.56. The van der Waals surface area contributed by atoms with Gasteiger partial charge in [0.1, 0.15) is 6.04 Å². The minimum absolute atomic E-state index is 0.228. The van der Waals surface area contributed by atoms with Crippen LogP contribution in [0.2, 0.25) is 0 Å². The standard InChI is InChI=1S/C19H21F2NO4S/c1-22-10-9-13-11-16(25-2)17(26-3)12-15(13)18(22)19(20,21)27(23,24)14-7-5-4-6-8-14/h4-8,11-12,18H,9-10H2,1-3H3. The van der Waals surface area contributed by atoms with E-state index in [1.54, 1.807) is 12.1 Å². The number of likely N-dealkylation sites (N-methyl/N-ethyl adjacent to an activating group) is 1. The van der Waals surface area contributed by atoms with Gasteiger partial charge in [-0.2, -0.15) is 8.78 Å². The molecule has 2 aromatic rings. The van der Waals surface area contributed by atoms with E-state index in [2.05, 4.69) is 0 Å². The first kappa shape index (κ1) is 19.6. The van der Waals surface area contributed by atoms with Gasteiger partial charge in [0.25, 0.3) is 0 Å². The molecule has 146 valence electrons. The summed E-state index contributed by atoms with van der Waals surface area (Å²) in [6.45, 7) is 0.299. The number of halogens is 2. The van der Waals surface area contributed by atoms with Crippen molar-refractivity contribution >= 4 is 9.84 Å². The molecular formula is C19H21F2NO4S. The van der Waals surface area contributed by atoms with E-state index >= 15 is 8.78 Å². The molecule has 0 saturated heterocycles. The first-order valence-electron chi connectivity index (χ1n) is 8.36. The minimum atomic E-state index is -4.90. The minimum Gasteiger partial charge on any atom is -0.493 e. The Morgan fingerprint density at radius 1 is 1.07 bits per heavy atom. The lowest BCUT2D eigenvalue weighted by molar-refractivity contribution is -0.00940. The van der Waals surface area contributed by atoms with Gasteiger partial charge in [-0.1, -0.05) is 18.2 Å². The number of nitrogens with zero attached hydrogens (tertiary/aromatic N) is 1. The van der Waals surface area contributed by atoms with Crippen molar-refractivity contribution in [1.29, 1.82) is 0 Å². The van der Waals surface area contributed by atoms with E-state index in [4.69, 9.17) is 9.47 Å². The number of benzene rings is 2. The predicted molar refractivity (Wildman–Crippen MR) is 97.2 cm³/mol. The van der Waals surface area contributed by atoms with Crippen LogP contribution in [0.4, 0.5) is 8.78 Å². The van der Waals surface area contributed by atoms with Crippen LogP contribution in [0.3, 0.4) is 0 Å². The summed E-state index contributed by atoms with van der Waals surface area (Å²) in [7, 11) is -0.527. The smallest absolute Gasteiger partial charge is 0.369 e. The van der Waals surface area contributed by atoms with Crippen LogP contribution in [0.1, 0.15) is 17.2 Å². The van der Waals surface area contributed by atoms with Gasteiger partial charge in [-0.15, -0.1) is 0 Å². The van der Waals surface area contributed by atoms with E-state index in [0.29, 0.717) is 24.3 Å². The number of alkyl halides is 2. The third-order valence-corrected chi connectivity index (χ3v) is 6.68. The molecule has 1 atom stereocenters. The Kier molecular flexibility index (Phi) is 5.14. The average Bonchev–Trinajstić information content (AvgIpc) is 2.67. The van der Waals surface area contributed by atoms with Crippen molar-refractivity contribution in [1.82, 2.24) is 4.90 Å². The summed E-state index contributed by atoms with van der Waals surface area (Å²) in [6, 6.07) is 8.25. The normalized spacial score (nSPS) is 18.0. The summed E-state index contributed by atoms with van der Waals surface area (Å²) in [4.78, 5) is 0.963. The van der Waals surface area contributed by atoms with Crippen molar-refractivity contribution in [3.8, 4) is 11.5 Å². The van der Waals surface area contributed by atoms with Crippen molar-refractivity contribution in [2.75, 3.05) is 27.8 Å². The van der Waals surface area contributed by atoms with E-state index in [1.807, 2.05) is 0 Å². The van der Waals surface area contributed by atoms with Crippen LogP contribution in [-0.4, -0.2) is 46.4 Å². The molecule has 3 rings (SSSR count). The second-order valence-electron chi connectivity index (χ2n) is 6.42. The Morgan fingerprint density at radius 2 is 1.67 bits per heavy atom. The number of methoxy groups -OCH3 is 2. The van der Waals surface area contributed by atoms with Crippen LogP contribution in [0.5, 0.6) is 11.5 Å². The van der Waals surface area contributed by atoms with Gasteiger partial charge in [0.15, 0.2) is 11.5 Å². The maximum atomic E-state index is 15.4. The average molecular weight is 397 g/mol. The lowest BCUT2D eigenvalue weighted by Crippen LogP contribution is -2.47. The van der Waals surface area contributed by atoms with E-state index < -0.39 is 26.0 Å². The third-order valence-electron chi connectivity index (χ3n) is 4.84. The molecule has 0 fully saturated rings. The topological polar surface area (TPSA) is 55.8 Å². The van der Waals surface area contributed by atoms with E-state index in [-0.39, 0.29) is 11.3 Å². The molecule has 1 aliphatic heterocycles. The highest BCUT2D eigenvalue weighted by Crippen LogP contribution is 2.47. The molecule has 0 aromatic heterocycles. The first-order chi connectivity index (χ1) is 12.7. The summed E-state index contributed by atoms with van der Waals surface area (Å²) >= 11 is 0. The van der Waals surface area contributed by atoms with Gasteiger partial charge >= 0.3 is 5.25 Å². The molecule has 0 amide bonds. The van der Waals surface area contributed by atoms with Gasteiger partial charge < -0.3 is 9.47 Å². The zero-order valence-corrected chi connectivity index (χ0v) is 16.1. The van der Waals surface area contributed by atoms with Crippen LogP contribution in [0.15, 0.2) is 47.4 Å². The molecule has 0 bridgehead atoms. The molecule has 0 radical (unpaired) electrons. The maximum absolute atomic E-state index is 15.4. The number of ether oxygens (including phenoxy) is 2. The Hall–Kier alpha value is -2.19. The number of fused-ring (bicyclic) bond motifs is 1. The third kappa shape index (κ3) is 3.17. The fraction of sp³-hybridized carbons (Fsp3) is 0.368. The summed E-state index contributed by atoms with van der Waals surface area (Å²) in [6.07, 6.45) is 0.504. The Bertz CT molecular complexity index is 932. The maximum Gasteiger partial charge on any atom is 0.369 e. The Labute approximate surface area is 157 Å². The van der Waals surface area contributed by atoms with Gasteiger partial charge in [0.05, 0.1) is 19.1 Å². The fourth-order valence-corrected chi connectivity index (χ4v) is 4.84. The van der Waals surface area contributed by atoms with Gasteiger partial charge in [0, 0.05) is 6.54 Å². The van der Waals surface area contributed by atoms with Crippen LogP contribution in [-0.2, 0) is 16.3 Å². The van der Waals surface area contributed by atoms with Gasteiger partial charge in [0.2, 0.25) is 9.84 Å². The largest absolute Gasteiger partial charge is 0.493 e. The lowest BCUT2D eigenvalue weighted by atomic mass is 9.92. The van der Waals surface area contributed by atoms with Crippen molar-refractivity contribution in [3.63, 3.8) is 0 Å². The van der Waals surface area contributed by atoms with E-state index in [9.17, 15) is 8.42 Å². The quantitative estimate of drug-likeness (QED) is 0.775. The number of sulfone groups is 1. The number of rotatable bonds is 5. The first-order valence-corrected chi connectivity index (χ1v) is 9.85. The monoisotopic (exact) mass is 397 g/mol. The Morgan fingerprint density at radius 3 is 2.26 bits per heavy atom. The molecule has 5 nitrogen and oxygen atoms in total. The van der Waals surface area contributed by atoms with Crippen molar-refractivity contribution < 1.29 is 26.7 Å². The summed E-state index contributed by atoms with van der Waals surface area (Å²) in [5, 5.41) is -4.03. The molecule has 1 aliphatic rings. The van der Waals surface area contributed by atoms with Crippen LogP contribution in [0.25, 0.3) is 0 Å². The predicted octanol–water partition coefficient (Wildman–Crippen LogP) is 3.30. The SMILES string of the molecule is COc1cc2c(cc1OC)C(C(F)(F)S(=O)(=O)c1ccccc1)N(C)CC2. The Balaban J connectivity index is 2.16. The number of hydrogen-bond donors (Lipinski definition) is 0. The molecule has 27 heavy (non-hydrogen) atoms. The molecule has 0 saturated carbocycles. The summed E-state index contributed by atoms with van der Waals surface area (Å²) < 4.78 is 66.8. The molecule has 0 spiro atoms. The fourth-order valence-electron chi connectivity index (χ4n) is 3.41. The van der Waals surface area contributed by atoms with Gasteiger partial charge in [-0.05, 0) is 48.9 Å². The highest BCUT2D eigenvalue weighted by molar-refractivity contribution is 7.92. The zero-order valence-electron chi connectivity index (χ0n) is 15.3. The van der Waals surface area contributed by atoms with Gasteiger partial charge in [-0.3, -0.25) is 4.90 Å². The molecule has 1 unspecified atom stereocenters. The second kappa shape index (κ2) is 7.09. The van der Waals surface area contributed by atoms with E-state index in [0.717, 1.165) is 0 Å². The molecule has 0 aliphatic carbocycles. The molecule has 8 heteroatoms. The summed E-state index contributed by atoms with van der Waals surface area (Å²) in [5.41, 5.74) is 0.851. The molecule has 1 heterocycles. The van der Waals surface area contributed by atoms with Crippen molar-refractivity contribution in [2.45, 2.75) is 22.6 Å². The van der Waals surface area contributed by atoms with Crippen LogP contribution >= 0.6 is 0 Å². The van der Waals surface area contributed by atoms with Gasteiger partial charge in [-0.25, -0.2) is 8.42 Å². The highest BCUT2D eigenvalue weighted by atomic mass is 32.2. The van der Waals surface area contributed by atoms with Crippen LogP contribution in [0, 0.1) is 0 Å². The van der Waals surface area contributed by atoms with Crippen LogP contribution < -0.4 is 9.47 Å². The molecule has 0 N–H and O–H groups in total. The van der Waals surface area contributed by atoms with Crippen molar-refractivity contribution in [2.24, 2.45) is 0 Å². The molecule has 2 aromatic carbocycles.